The van der Waals surface area contributed by atoms with Crippen molar-refractivity contribution in [1.82, 2.24) is 4.98 Å². The lowest BCUT2D eigenvalue weighted by molar-refractivity contribution is 0.590. The van der Waals surface area contributed by atoms with Crippen molar-refractivity contribution in [3.8, 4) is 11.3 Å². The summed E-state index contributed by atoms with van der Waals surface area (Å²) in [6.07, 6.45) is 1.96. The summed E-state index contributed by atoms with van der Waals surface area (Å²) < 4.78 is 0. The molecule has 1 N–H and O–H groups in total. The number of hydrogen-bond acceptors (Lipinski definition) is 0. The van der Waals surface area contributed by atoms with Gasteiger partial charge in [-0.2, -0.15) is 0 Å². The van der Waals surface area contributed by atoms with E-state index in [2.05, 4.69) is 56.1 Å². The van der Waals surface area contributed by atoms with Crippen molar-refractivity contribution in [2.75, 3.05) is 0 Å². The zero-order valence-corrected chi connectivity index (χ0v) is 9.54. The maximum atomic E-state index is 3.23. The van der Waals surface area contributed by atoms with Gasteiger partial charge in [0, 0.05) is 11.9 Å². The summed E-state index contributed by atoms with van der Waals surface area (Å²) in [4.78, 5) is 3.23. The first kappa shape index (κ1) is 10.0. The molecule has 0 bridgehead atoms. The Morgan fingerprint density at radius 2 is 1.80 bits per heavy atom. The van der Waals surface area contributed by atoms with Gasteiger partial charge in [-0.1, -0.05) is 39.0 Å². The van der Waals surface area contributed by atoms with Gasteiger partial charge in [-0.3, -0.25) is 0 Å². The Bertz CT molecular complexity index is 433. The van der Waals surface area contributed by atoms with Crippen LogP contribution in [0, 0.1) is 0 Å². The molecule has 0 aliphatic heterocycles. The minimum Gasteiger partial charge on any atom is -0.361 e. The SMILES string of the molecule is CC(C)(C)c1cccc(-c2ccc[nH]2)c1. The maximum Gasteiger partial charge on any atom is 0.0453 e. The Morgan fingerprint density at radius 1 is 1.00 bits per heavy atom. The summed E-state index contributed by atoms with van der Waals surface area (Å²) in [5.74, 6) is 0. The van der Waals surface area contributed by atoms with Crippen LogP contribution in [0.15, 0.2) is 42.6 Å². The first-order valence-corrected chi connectivity index (χ1v) is 5.32. The van der Waals surface area contributed by atoms with Crippen molar-refractivity contribution in [3.63, 3.8) is 0 Å². The molecule has 78 valence electrons. The lowest BCUT2D eigenvalue weighted by Crippen LogP contribution is -2.10. The molecular formula is C14H17N. The lowest BCUT2D eigenvalue weighted by atomic mass is 9.86. The number of rotatable bonds is 1. The lowest BCUT2D eigenvalue weighted by Gasteiger charge is -2.19. The van der Waals surface area contributed by atoms with Crippen LogP contribution in [0.5, 0.6) is 0 Å². The molecule has 0 spiro atoms. The summed E-state index contributed by atoms with van der Waals surface area (Å²) in [5, 5.41) is 0. The molecule has 1 aromatic heterocycles. The third kappa shape index (κ3) is 2.12. The number of aromatic amines is 1. The second kappa shape index (κ2) is 3.58. The number of nitrogens with one attached hydrogen (secondary N) is 1. The topological polar surface area (TPSA) is 15.8 Å². The van der Waals surface area contributed by atoms with Gasteiger partial charge in [0.15, 0.2) is 0 Å². The van der Waals surface area contributed by atoms with Crippen molar-refractivity contribution in [1.29, 1.82) is 0 Å². The van der Waals surface area contributed by atoms with Crippen molar-refractivity contribution < 1.29 is 0 Å². The second-order valence-electron chi connectivity index (χ2n) is 4.91. The molecular weight excluding hydrogens is 182 g/mol. The van der Waals surface area contributed by atoms with Gasteiger partial charge >= 0.3 is 0 Å². The summed E-state index contributed by atoms with van der Waals surface area (Å²) in [7, 11) is 0. The van der Waals surface area contributed by atoms with Crippen molar-refractivity contribution in [3.05, 3.63) is 48.2 Å². The van der Waals surface area contributed by atoms with Gasteiger partial charge in [-0.05, 0) is 34.7 Å². The van der Waals surface area contributed by atoms with Crippen LogP contribution >= 0.6 is 0 Å². The molecule has 1 heteroatoms. The van der Waals surface area contributed by atoms with Gasteiger partial charge in [0.1, 0.15) is 0 Å². The molecule has 0 atom stereocenters. The van der Waals surface area contributed by atoms with Crippen LogP contribution < -0.4 is 0 Å². The van der Waals surface area contributed by atoms with Gasteiger partial charge < -0.3 is 4.98 Å². The molecule has 1 aromatic carbocycles. The van der Waals surface area contributed by atoms with Crippen LogP contribution in [0.25, 0.3) is 11.3 Å². The fourth-order valence-electron chi connectivity index (χ4n) is 1.66. The smallest absolute Gasteiger partial charge is 0.0453 e. The highest BCUT2D eigenvalue weighted by molar-refractivity contribution is 5.60. The Labute approximate surface area is 91.2 Å². The van der Waals surface area contributed by atoms with Crippen LogP contribution in [0.3, 0.4) is 0 Å². The highest BCUT2D eigenvalue weighted by Gasteiger charge is 2.13. The fraction of sp³-hybridized carbons (Fsp3) is 0.286. The highest BCUT2D eigenvalue weighted by Crippen LogP contribution is 2.26. The van der Waals surface area contributed by atoms with E-state index < -0.39 is 0 Å². The van der Waals surface area contributed by atoms with E-state index in [9.17, 15) is 0 Å². The monoisotopic (exact) mass is 199 g/mol. The highest BCUT2D eigenvalue weighted by atomic mass is 14.7. The average Bonchev–Trinajstić information content (AvgIpc) is 2.69. The Hall–Kier alpha value is -1.50. The molecule has 15 heavy (non-hydrogen) atoms. The normalized spacial score (nSPS) is 11.7. The van der Waals surface area contributed by atoms with E-state index >= 15 is 0 Å². The number of benzene rings is 1. The maximum absolute atomic E-state index is 3.23. The molecule has 1 nitrogen and oxygen atoms in total. The van der Waals surface area contributed by atoms with Crippen molar-refractivity contribution >= 4 is 0 Å². The van der Waals surface area contributed by atoms with Crippen molar-refractivity contribution in [2.45, 2.75) is 26.2 Å². The molecule has 1 heterocycles. The molecule has 0 amide bonds. The van der Waals surface area contributed by atoms with Crippen LogP contribution in [0.2, 0.25) is 0 Å². The first-order chi connectivity index (χ1) is 7.07. The number of H-pyrrole nitrogens is 1. The van der Waals surface area contributed by atoms with E-state index in [1.807, 2.05) is 12.3 Å². The van der Waals surface area contributed by atoms with Gasteiger partial charge in [-0.15, -0.1) is 0 Å². The summed E-state index contributed by atoms with van der Waals surface area (Å²) in [6.45, 7) is 6.71. The third-order valence-corrected chi connectivity index (χ3v) is 2.64. The molecule has 0 aliphatic carbocycles. The van der Waals surface area contributed by atoms with Gasteiger partial charge in [0.05, 0.1) is 0 Å². The van der Waals surface area contributed by atoms with Gasteiger partial charge in [0.2, 0.25) is 0 Å². The molecule has 0 aliphatic rings. The molecule has 2 aromatic rings. The summed E-state index contributed by atoms with van der Waals surface area (Å²) in [5.41, 5.74) is 4.02. The molecule has 0 saturated heterocycles. The Balaban J connectivity index is 2.44. The fourth-order valence-corrected chi connectivity index (χ4v) is 1.66. The molecule has 2 rings (SSSR count). The number of aromatic nitrogens is 1. The molecule has 0 radical (unpaired) electrons. The predicted octanol–water partition coefficient (Wildman–Crippen LogP) is 3.98. The Morgan fingerprint density at radius 3 is 2.40 bits per heavy atom. The van der Waals surface area contributed by atoms with E-state index in [1.165, 1.54) is 16.8 Å². The molecule has 0 unspecified atom stereocenters. The van der Waals surface area contributed by atoms with Gasteiger partial charge in [0.25, 0.3) is 0 Å². The zero-order chi connectivity index (χ0) is 10.9. The standard InChI is InChI=1S/C14H17N/c1-14(2,3)12-7-4-6-11(10-12)13-8-5-9-15-13/h4-10,15H,1-3H3. The quantitative estimate of drug-likeness (QED) is 0.715. The zero-order valence-electron chi connectivity index (χ0n) is 9.54. The minimum atomic E-state index is 0.211. The molecule has 0 fully saturated rings. The van der Waals surface area contributed by atoms with E-state index in [0.29, 0.717) is 0 Å². The minimum absolute atomic E-state index is 0.211. The second-order valence-corrected chi connectivity index (χ2v) is 4.91. The number of hydrogen-bond donors (Lipinski definition) is 1. The first-order valence-electron chi connectivity index (χ1n) is 5.32. The van der Waals surface area contributed by atoms with E-state index in [0.717, 1.165) is 0 Å². The van der Waals surface area contributed by atoms with Crippen LogP contribution in [0.4, 0.5) is 0 Å². The van der Waals surface area contributed by atoms with E-state index in [-0.39, 0.29) is 5.41 Å². The van der Waals surface area contributed by atoms with Crippen LogP contribution in [0.1, 0.15) is 26.3 Å². The van der Waals surface area contributed by atoms with E-state index in [4.69, 9.17) is 0 Å². The van der Waals surface area contributed by atoms with Crippen LogP contribution in [-0.4, -0.2) is 4.98 Å². The van der Waals surface area contributed by atoms with E-state index in [1.54, 1.807) is 0 Å². The summed E-state index contributed by atoms with van der Waals surface area (Å²) in [6, 6.07) is 12.8. The molecule has 0 saturated carbocycles. The Kier molecular flexibility index (Phi) is 2.39. The summed E-state index contributed by atoms with van der Waals surface area (Å²) >= 11 is 0. The van der Waals surface area contributed by atoms with Gasteiger partial charge in [-0.25, -0.2) is 0 Å². The van der Waals surface area contributed by atoms with Crippen LogP contribution in [-0.2, 0) is 5.41 Å². The third-order valence-electron chi connectivity index (χ3n) is 2.64. The predicted molar refractivity (Wildman–Crippen MR) is 64.9 cm³/mol. The van der Waals surface area contributed by atoms with Crippen molar-refractivity contribution in [2.24, 2.45) is 0 Å². The average molecular weight is 199 g/mol. The largest absolute Gasteiger partial charge is 0.361 e.